The molecule has 0 spiro atoms. The molecule has 0 bridgehead atoms. The third-order valence-electron chi connectivity index (χ3n) is 4.48. The maximum atomic E-state index is 2.68. The molecule has 1 rings (SSSR count). The van der Waals surface area contributed by atoms with Gasteiger partial charge in [0.25, 0.3) is 0 Å². The van der Waals surface area contributed by atoms with Gasteiger partial charge in [0.05, 0.1) is 0 Å². The van der Waals surface area contributed by atoms with Gasteiger partial charge in [-0.2, -0.15) is 0 Å². The van der Waals surface area contributed by atoms with E-state index < -0.39 is 0 Å². The van der Waals surface area contributed by atoms with Gasteiger partial charge < -0.3 is 14.7 Å². The molecule has 0 atom stereocenters. The van der Waals surface area contributed by atoms with E-state index in [9.17, 15) is 0 Å². The van der Waals surface area contributed by atoms with Gasteiger partial charge >= 0.3 is 0 Å². The summed E-state index contributed by atoms with van der Waals surface area (Å²) < 4.78 is 0. The molecule has 1 saturated heterocycles. The minimum absolute atomic E-state index is 1.23. The predicted octanol–water partition coefficient (Wildman–Crippen LogP) is 2.92. The fourth-order valence-corrected chi connectivity index (χ4v) is 2.86. The second kappa shape index (κ2) is 11.5. The van der Waals surface area contributed by atoms with Gasteiger partial charge in [-0.25, -0.2) is 0 Å². The van der Waals surface area contributed by atoms with Gasteiger partial charge in [0, 0.05) is 39.3 Å². The highest BCUT2D eigenvalue weighted by Gasteiger charge is 2.13. The van der Waals surface area contributed by atoms with Crippen molar-refractivity contribution in [1.82, 2.24) is 14.7 Å². The van der Waals surface area contributed by atoms with Crippen molar-refractivity contribution in [2.24, 2.45) is 0 Å². The van der Waals surface area contributed by atoms with Crippen LogP contribution in [0.5, 0.6) is 0 Å². The van der Waals surface area contributed by atoms with E-state index in [1.54, 1.807) is 0 Å². The molecule has 1 fully saturated rings. The number of rotatable bonds is 8. The second-order valence-electron chi connectivity index (χ2n) is 6.40. The molecular weight excluding hydrogens is 246 g/mol. The van der Waals surface area contributed by atoms with Crippen LogP contribution < -0.4 is 0 Å². The molecule has 0 aliphatic carbocycles. The molecule has 0 unspecified atom stereocenters. The lowest BCUT2D eigenvalue weighted by atomic mass is 10.2. The largest absolute Gasteiger partial charge is 0.304 e. The topological polar surface area (TPSA) is 9.72 Å². The van der Waals surface area contributed by atoms with E-state index >= 15 is 0 Å². The summed E-state index contributed by atoms with van der Waals surface area (Å²) >= 11 is 0. The van der Waals surface area contributed by atoms with Crippen molar-refractivity contribution >= 4 is 0 Å². The molecule has 1 aliphatic rings. The van der Waals surface area contributed by atoms with Gasteiger partial charge in [-0.3, -0.25) is 0 Å². The Labute approximate surface area is 127 Å². The zero-order valence-corrected chi connectivity index (χ0v) is 14.2. The van der Waals surface area contributed by atoms with Crippen LogP contribution in [0.25, 0.3) is 0 Å². The molecule has 0 amide bonds. The fourth-order valence-electron chi connectivity index (χ4n) is 2.86. The molecule has 0 saturated carbocycles. The van der Waals surface area contributed by atoms with E-state index in [0.717, 1.165) is 0 Å². The summed E-state index contributed by atoms with van der Waals surface area (Å²) in [5, 5.41) is 0. The Balaban J connectivity index is 2.35. The first-order valence-corrected chi connectivity index (χ1v) is 8.89. The highest BCUT2D eigenvalue weighted by molar-refractivity contribution is 4.70. The average Bonchev–Trinajstić information content (AvgIpc) is 2.53. The first-order chi connectivity index (χ1) is 9.76. The Bertz CT molecular complexity index is 198. The van der Waals surface area contributed by atoms with Crippen LogP contribution in [-0.2, 0) is 0 Å². The third kappa shape index (κ3) is 8.23. The van der Waals surface area contributed by atoms with Crippen molar-refractivity contribution in [3.8, 4) is 0 Å². The molecule has 120 valence electrons. The SMILES string of the molecule is CCCCCN1CCN(C)CCN(CCCCC)CC1. The number of hydrogen-bond donors (Lipinski definition) is 0. The number of likely N-dealkylation sites (N-methyl/N-ethyl adjacent to an activating group) is 1. The Morgan fingerprint density at radius 3 is 1.40 bits per heavy atom. The maximum absolute atomic E-state index is 2.68. The summed E-state index contributed by atoms with van der Waals surface area (Å²) in [5.41, 5.74) is 0. The lowest BCUT2D eigenvalue weighted by molar-refractivity contribution is 0.214. The van der Waals surface area contributed by atoms with E-state index in [0.29, 0.717) is 0 Å². The first-order valence-electron chi connectivity index (χ1n) is 8.89. The molecule has 0 radical (unpaired) electrons. The van der Waals surface area contributed by atoms with Crippen molar-refractivity contribution in [3.63, 3.8) is 0 Å². The molecule has 1 heterocycles. The molecule has 3 nitrogen and oxygen atoms in total. The summed E-state index contributed by atoms with van der Waals surface area (Å²) in [6, 6.07) is 0. The lowest BCUT2D eigenvalue weighted by Crippen LogP contribution is -2.37. The molecule has 3 heteroatoms. The Kier molecular flexibility index (Phi) is 10.3. The summed E-state index contributed by atoms with van der Waals surface area (Å²) in [4.78, 5) is 7.87. The van der Waals surface area contributed by atoms with Crippen LogP contribution in [0.4, 0.5) is 0 Å². The molecule has 0 aromatic carbocycles. The molecule has 1 aliphatic heterocycles. The summed E-state index contributed by atoms with van der Waals surface area (Å²) in [5.74, 6) is 0. The number of nitrogens with zero attached hydrogens (tertiary/aromatic N) is 3. The second-order valence-corrected chi connectivity index (χ2v) is 6.40. The Hall–Kier alpha value is -0.120. The van der Waals surface area contributed by atoms with Crippen molar-refractivity contribution in [3.05, 3.63) is 0 Å². The molecule has 0 aromatic heterocycles. The van der Waals surface area contributed by atoms with Crippen LogP contribution in [-0.4, -0.2) is 74.1 Å². The minimum Gasteiger partial charge on any atom is -0.304 e. The summed E-state index contributed by atoms with van der Waals surface area (Å²) in [6.07, 6.45) is 8.17. The van der Waals surface area contributed by atoms with Gasteiger partial charge in [0.15, 0.2) is 0 Å². The van der Waals surface area contributed by atoms with E-state index in [-0.39, 0.29) is 0 Å². The monoisotopic (exact) mass is 283 g/mol. The van der Waals surface area contributed by atoms with Gasteiger partial charge in [-0.1, -0.05) is 39.5 Å². The van der Waals surface area contributed by atoms with Crippen LogP contribution in [0.15, 0.2) is 0 Å². The van der Waals surface area contributed by atoms with E-state index in [1.807, 2.05) is 0 Å². The lowest BCUT2D eigenvalue weighted by Gasteiger charge is -2.25. The fraction of sp³-hybridized carbons (Fsp3) is 1.00. The maximum Gasteiger partial charge on any atom is 0.0110 e. The van der Waals surface area contributed by atoms with Crippen molar-refractivity contribution in [2.75, 3.05) is 59.4 Å². The van der Waals surface area contributed by atoms with Crippen LogP contribution in [0.3, 0.4) is 0 Å². The Morgan fingerprint density at radius 2 is 1.00 bits per heavy atom. The highest BCUT2D eigenvalue weighted by Crippen LogP contribution is 2.04. The summed E-state index contributed by atoms with van der Waals surface area (Å²) in [7, 11) is 2.28. The van der Waals surface area contributed by atoms with Gasteiger partial charge in [-0.05, 0) is 33.0 Å². The molecule has 0 N–H and O–H groups in total. The zero-order chi connectivity index (χ0) is 14.6. The van der Waals surface area contributed by atoms with E-state index in [1.165, 1.54) is 90.9 Å². The molecule has 0 aromatic rings. The molecule has 20 heavy (non-hydrogen) atoms. The van der Waals surface area contributed by atoms with Crippen LogP contribution >= 0.6 is 0 Å². The van der Waals surface area contributed by atoms with Crippen LogP contribution in [0, 0.1) is 0 Å². The highest BCUT2D eigenvalue weighted by atomic mass is 15.2. The standard InChI is InChI=1S/C17H37N3/c1-4-6-8-10-19-14-12-18(3)13-15-20(17-16-19)11-9-7-5-2/h4-17H2,1-3H3. The smallest absolute Gasteiger partial charge is 0.0110 e. The number of hydrogen-bond acceptors (Lipinski definition) is 3. The van der Waals surface area contributed by atoms with Crippen molar-refractivity contribution in [1.29, 1.82) is 0 Å². The Morgan fingerprint density at radius 1 is 0.600 bits per heavy atom. The normalized spacial score (nSPS) is 20.6. The van der Waals surface area contributed by atoms with Crippen LogP contribution in [0.2, 0.25) is 0 Å². The quantitative estimate of drug-likeness (QED) is 0.634. The summed E-state index contributed by atoms with van der Waals surface area (Å²) in [6.45, 7) is 14.7. The first kappa shape index (κ1) is 17.9. The molecular formula is C17H37N3. The minimum atomic E-state index is 1.23. The van der Waals surface area contributed by atoms with Crippen molar-refractivity contribution < 1.29 is 0 Å². The predicted molar refractivity (Wildman–Crippen MR) is 89.4 cm³/mol. The van der Waals surface area contributed by atoms with Gasteiger partial charge in [-0.15, -0.1) is 0 Å². The van der Waals surface area contributed by atoms with E-state index in [4.69, 9.17) is 0 Å². The average molecular weight is 284 g/mol. The number of unbranched alkanes of at least 4 members (excludes halogenated alkanes) is 4. The van der Waals surface area contributed by atoms with Crippen molar-refractivity contribution in [2.45, 2.75) is 52.4 Å². The van der Waals surface area contributed by atoms with Gasteiger partial charge in [0.2, 0.25) is 0 Å². The third-order valence-corrected chi connectivity index (χ3v) is 4.48. The van der Waals surface area contributed by atoms with E-state index in [2.05, 4.69) is 35.6 Å². The van der Waals surface area contributed by atoms with Gasteiger partial charge in [0.1, 0.15) is 0 Å². The van der Waals surface area contributed by atoms with Crippen LogP contribution in [0.1, 0.15) is 52.4 Å². The zero-order valence-electron chi connectivity index (χ0n) is 14.2.